The summed E-state index contributed by atoms with van der Waals surface area (Å²) in [6, 6.07) is 4.18. The van der Waals surface area contributed by atoms with Gasteiger partial charge >= 0.3 is 0 Å². The second-order valence-electron chi connectivity index (χ2n) is 6.29. The first-order chi connectivity index (χ1) is 13.2. The molecule has 1 heterocycles. The fraction of sp³-hybridized carbons (Fsp3) is 0.353. The minimum absolute atomic E-state index is 0.00124. The lowest BCUT2D eigenvalue weighted by Gasteiger charge is -2.11. The molecule has 7 nitrogen and oxygen atoms in total. The minimum atomic E-state index is -3.49. The second-order valence-corrected chi connectivity index (χ2v) is 10.3. The maximum absolute atomic E-state index is 12.8. The number of sulfone groups is 1. The van der Waals surface area contributed by atoms with Gasteiger partial charge in [-0.2, -0.15) is 0 Å². The molecular weight excluding hydrogens is 445 g/mol. The third-order valence-electron chi connectivity index (χ3n) is 4.11. The van der Waals surface area contributed by atoms with Gasteiger partial charge in [0.25, 0.3) is 5.91 Å². The molecule has 3 rings (SSSR count). The van der Waals surface area contributed by atoms with E-state index < -0.39 is 15.7 Å². The molecule has 11 heteroatoms. The van der Waals surface area contributed by atoms with Gasteiger partial charge in [-0.25, -0.2) is 13.4 Å². The fourth-order valence-corrected chi connectivity index (χ4v) is 4.90. The molecule has 1 fully saturated rings. The molecular formula is C17H17Cl2N3O4S2. The van der Waals surface area contributed by atoms with E-state index in [1.807, 2.05) is 0 Å². The summed E-state index contributed by atoms with van der Waals surface area (Å²) in [5.74, 6) is -0.563. The Hall–Kier alpha value is -1.68. The van der Waals surface area contributed by atoms with Crippen LogP contribution in [-0.2, 0) is 19.5 Å². The van der Waals surface area contributed by atoms with Crippen LogP contribution in [0.5, 0.6) is 0 Å². The number of benzene rings is 1. The zero-order chi connectivity index (χ0) is 20.3. The van der Waals surface area contributed by atoms with Crippen molar-refractivity contribution in [2.75, 3.05) is 11.6 Å². The van der Waals surface area contributed by atoms with Crippen LogP contribution in [0.25, 0.3) is 0 Å². The van der Waals surface area contributed by atoms with Gasteiger partial charge in [-0.3, -0.25) is 10.1 Å². The normalized spacial score (nSPS) is 15.6. The van der Waals surface area contributed by atoms with Crippen molar-refractivity contribution in [2.24, 2.45) is 5.16 Å². The van der Waals surface area contributed by atoms with Crippen molar-refractivity contribution in [3.63, 3.8) is 0 Å². The first-order valence-corrected chi connectivity index (χ1v) is 11.9. The molecule has 1 aromatic carbocycles. The van der Waals surface area contributed by atoms with E-state index in [-0.39, 0.29) is 21.7 Å². The first-order valence-electron chi connectivity index (χ1n) is 8.40. The Morgan fingerprint density at radius 3 is 2.61 bits per heavy atom. The highest BCUT2D eigenvalue weighted by Gasteiger charge is 2.22. The lowest BCUT2D eigenvalue weighted by Crippen LogP contribution is -2.25. The summed E-state index contributed by atoms with van der Waals surface area (Å²) in [7, 11) is -3.49. The van der Waals surface area contributed by atoms with Gasteiger partial charge in [0, 0.05) is 11.8 Å². The molecule has 0 aliphatic heterocycles. The summed E-state index contributed by atoms with van der Waals surface area (Å²) in [5.41, 5.74) is 0.302. The smallest absolute Gasteiger partial charge is 0.280 e. The van der Waals surface area contributed by atoms with E-state index in [0.717, 1.165) is 43.3 Å². The average Bonchev–Trinajstić information content (AvgIpc) is 3.26. The Balaban J connectivity index is 1.92. The third kappa shape index (κ3) is 5.22. The number of carbonyl (C=O) groups is 1. The van der Waals surface area contributed by atoms with Crippen molar-refractivity contribution >= 4 is 61.1 Å². The largest absolute Gasteiger partial charge is 0.392 e. The van der Waals surface area contributed by atoms with Crippen LogP contribution in [0.3, 0.4) is 0 Å². The Morgan fingerprint density at radius 2 is 2.04 bits per heavy atom. The topological polar surface area (TPSA) is 97.7 Å². The molecule has 1 aliphatic rings. The second kappa shape index (κ2) is 8.77. The summed E-state index contributed by atoms with van der Waals surface area (Å²) in [6.45, 7) is 0. The number of anilines is 1. The van der Waals surface area contributed by atoms with Gasteiger partial charge in [0.1, 0.15) is 10.4 Å². The van der Waals surface area contributed by atoms with Gasteiger partial charge in [0.2, 0.25) is 0 Å². The molecule has 1 N–H and O–H groups in total. The van der Waals surface area contributed by atoms with Crippen LogP contribution in [-0.4, -0.2) is 37.4 Å². The number of amides is 1. The zero-order valence-corrected chi connectivity index (χ0v) is 18.0. The number of hydrogen-bond acceptors (Lipinski definition) is 7. The highest BCUT2D eigenvalue weighted by Crippen LogP contribution is 2.26. The van der Waals surface area contributed by atoms with Crippen LogP contribution in [0.1, 0.15) is 31.2 Å². The Morgan fingerprint density at radius 1 is 1.32 bits per heavy atom. The maximum atomic E-state index is 12.8. The molecule has 2 aromatic rings. The SMILES string of the molecule is CS(=O)(=O)c1ccc(C(=NOC2CCCC2)C(=O)Nc2ncc(Cl)s2)cc1Cl. The van der Waals surface area contributed by atoms with E-state index in [9.17, 15) is 13.2 Å². The number of rotatable bonds is 6. The molecule has 1 aromatic heterocycles. The molecule has 28 heavy (non-hydrogen) atoms. The molecule has 0 atom stereocenters. The van der Waals surface area contributed by atoms with Crippen molar-refractivity contribution in [3.8, 4) is 0 Å². The van der Waals surface area contributed by atoms with Crippen molar-refractivity contribution in [2.45, 2.75) is 36.7 Å². The highest BCUT2D eigenvalue weighted by molar-refractivity contribution is 7.90. The summed E-state index contributed by atoms with van der Waals surface area (Å²) in [5, 5.41) is 6.97. The fourth-order valence-electron chi connectivity index (χ4n) is 2.76. The van der Waals surface area contributed by atoms with Crippen molar-refractivity contribution in [1.82, 2.24) is 4.98 Å². The van der Waals surface area contributed by atoms with Gasteiger partial charge < -0.3 is 4.84 Å². The first kappa shape index (κ1) is 21.0. The maximum Gasteiger partial charge on any atom is 0.280 e. The van der Waals surface area contributed by atoms with E-state index in [4.69, 9.17) is 28.0 Å². The van der Waals surface area contributed by atoms with Gasteiger partial charge in [-0.05, 0) is 37.8 Å². The summed E-state index contributed by atoms with van der Waals surface area (Å²) < 4.78 is 24.0. The van der Waals surface area contributed by atoms with Gasteiger partial charge in [0.05, 0.1) is 16.1 Å². The van der Waals surface area contributed by atoms with Crippen LogP contribution < -0.4 is 5.32 Å². The van der Waals surface area contributed by atoms with Gasteiger partial charge in [-0.15, -0.1) is 0 Å². The molecule has 0 spiro atoms. The zero-order valence-electron chi connectivity index (χ0n) is 14.8. The Bertz CT molecular complexity index is 1020. The number of nitrogens with zero attached hydrogens (tertiary/aromatic N) is 2. The van der Waals surface area contributed by atoms with Crippen LogP contribution in [0.4, 0.5) is 5.13 Å². The standard InChI is InChI=1S/C17H17Cl2N3O4S2/c1-28(24,25)13-7-6-10(8-12(13)18)15(22-26-11-4-2-3-5-11)16(23)21-17-20-9-14(19)27-17/h6-9,11H,2-5H2,1H3,(H,20,21,23). The number of oxime groups is 1. The van der Waals surface area contributed by atoms with Gasteiger partial charge in [0.15, 0.2) is 20.7 Å². The molecule has 1 saturated carbocycles. The van der Waals surface area contributed by atoms with Gasteiger partial charge in [-0.1, -0.05) is 45.8 Å². The van der Waals surface area contributed by atoms with E-state index in [0.29, 0.717) is 15.0 Å². The Kier molecular flexibility index (Phi) is 6.59. The molecule has 1 aliphatic carbocycles. The predicted octanol–water partition coefficient (Wildman–Crippen LogP) is 4.16. The van der Waals surface area contributed by atoms with Crippen LogP contribution in [0.2, 0.25) is 9.36 Å². The van der Waals surface area contributed by atoms with Crippen molar-refractivity contribution < 1.29 is 18.0 Å². The van der Waals surface area contributed by atoms with E-state index >= 15 is 0 Å². The number of halogens is 2. The number of nitrogens with one attached hydrogen (secondary N) is 1. The summed E-state index contributed by atoms with van der Waals surface area (Å²) in [6.07, 6.45) is 6.27. The molecule has 150 valence electrons. The van der Waals surface area contributed by atoms with Crippen LogP contribution in [0.15, 0.2) is 34.4 Å². The lowest BCUT2D eigenvalue weighted by molar-refractivity contribution is -0.110. The number of carbonyl (C=O) groups excluding carboxylic acids is 1. The lowest BCUT2D eigenvalue weighted by atomic mass is 10.1. The van der Waals surface area contributed by atoms with Crippen LogP contribution >= 0.6 is 34.5 Å². The highest BCUT2D eigenvalue weighted by atomic mass is 35.5. The quantitative estimate of drug-likeness (QED) is 0.514. The molecule has 1 amide bonds. The predicted molar refractivity (Wildman–Crippen MR) is 110 cm³/mol. The number of aromatic nitrogens is 1. The molecule has 0 unspecified atom stereocenters. The molecule has 0 radical (unpaired) electrons. The van der Waals surface area contributed by atoms with Crippen molar-refractivity contribution in [1.29, 1.82) is 0 Å². The number of thiazole rings is 1. The monoisotopic (exact) mass is 461 g/mol. The van der Waals surface area contributed by atoms with Crippen molar-refractivity contribution in [3.05, 3.63) is 39.3 Å². The number of hydrogen-bond donors (Lipinski definition) is 1. The summed E-state index contributed by atoms with van der Waals surface area (Å²) >= 11 is 13.1. The minimum Gasteiger partial charge on any atom is -0.392 e. The van der Waals surface area contributed by atoms with E-state index in [1.165, 1.54) is 24.4 Å². The van der Waals surface area contributed by atoms with Crippen LogP contribution in [0, 0.1) is 0 Å². The molecule has 0 bridgehead atoms. The average molecular weight is 462 g/mol. The summed E-state index contributed by atoms with van der Waals surface area (Å²) in [4.78, 5) is 22.3. The Labute approximate surface area is 176 Å². The van der Waals surface area contributed by atoms with E-state index in [1.54, 1.807) is 0 Å². The van der Waals surface area contributed by atoms with E-state index in [2.05, 4.69) is 15.5 Å². The molecule has 0 saturated heterocycles. The third-order valence-corrected chi connectivity index (χ3v) is 6.72.